The first-order chi connectivity index (χ1) is 32.3. The van der Waals surface area contributed by atoms with Crippen LogP contribution in [0.2, 0.25) is 0 Å². The van der Waals surface area contributed by atoms with Crippen molar-refractivity contribution in [2.75, 3.05) is 13.2 Å². The van der Waals surface area contributed by atoms with E-state index >= 15 is 0 Å². The Morgan fingerprint density at radius 3 is 1.18 bits per heavy atom. The van der Waals surface area contributed by atoms with Crippen molar-refractivity contribution in [2.45, 2.75) is 333 Å². The van der Waals surface area contributed by atoms with E-state index in [4.69, 9.17) is 9.47 Å². The zero-order valence-corrected chi connectivity index (χ0v) is 43.5. The van der Waals surface area contributed by atoms with Gasteiger partial charge in [0.1, 0.15) is 24.4 Å². The van der Waals surface area contributed by atoms with Gasteiger partial charge >= 0.3 is 0 Å². The number of carbonyl (C=O) groups is 1. The van der Waals surface area contributed by atoms with Gasteiger partial charge in [-0.2, -0.15) is 0 Å². The Morgan fingerprint density at radius 1 is 0.500 bits per heavy atom. The van der Waals surface area contributed by atoms with Crippen molar-refractivity contribution < 1.29 is 39.8 Å². The zero-order chi connectivity index (χ0) is 48.0. The minimum atomic E-state index is -1.56. The van der Waals surface area contributed by atoms with Gasteiger partial charge in [-0.1, -0.05) is 276 Å². The van der Waals surface area contributed by atoms with Crippen LogP contribution in [-0.4, -0.2) is 87.5 Å². The molecule has 7 unspecified atom stereocenters. The molecule has 66 heavy (non-hydrogen) atoms. The Hall–Kier alpha value is -1.07. The van der Waals surface area contributed by atoms with Crippen molar-refractivity contribution in [3.63, 3.8) is 0 Å². The van der Waals surface area contributed by atoms with Gasteiger partial charge in [-0.25, -0.2) is 0 Å². The first-order valence-corrected chi connectivity index (χ1v) is 28.9. The lowest BCUT2D eigenvalue weighted by atomic mass is 9.99. The average molecular weight is 939 g/mol. The number of hydrogen-bond donors (Lipinski definition) is 6. The van der Waals surface area contributed by atoms with Gasteiger partial charge in [-0.05, 0) is 19.3 Å². The maximum Gasteiger partial charge on any atom is 0.220 e. The van der Waals surface area contributed by atoms with Crippen molar-refractivity contribution in [3.8, 4) is 0 Å². The summed E-state index contributed by atoms with van der Waals surface area (Å²) in [7, 11) is 0. The molecule has 1 saturated heterocycles. The predicted molar refractivity (Wildman–Crippen MR) is 277 cm³/mol. The highest BCUT2D eigenvalue weighted by Crippen LogP contribution is 2.23. The molecule has 392 valence electrons. The maximum atomic E-state index is 12.9. The van der Waals surface area contributed by atoms with E-state index < -0.39 is 49.5 Å². The number of unbranched alkanes of at least 4 members (excludes halogenated alkanes) is 40. The number of nitrogens with one attached hydrogen (secondary N) is 1. The molecule has 0 aromatic rings. The Bertz CT molecular complexity index is 1040. The second-order valence-corrected chi connectivity index (χ2v) is 20.5. The molecule has 0 bridgehead atoms. The highest BCUT2D eigenvalue weighted by Gasteiger charge is 2.44. The van der Waals surface area contributed by atoms with Crippen molar-refractivity contribution in [1.82, 2.24) is 5.32 Å². The molecule has 6 N–H and O–H groups in total. The number of ether oxygens (including phenoxy) is 2. The summed E-state index contributed by atoms with van der Waals surface area (Å²) in [6.07, 6.45) is 52.3. The smallest absolute Gasteiger partial charge is 0.220 e. The second kappa shape index (κ2) is 47.6. The Morgan fingerprint density at radius 2 is 0.833 bits per heavy atom. The normalized spacial score (nSPS) is 19.8. The van der Waals surface area contributed by atoms with Crippen LogP contribution in [0.3, 0.4) is 0 Å². The molecule has 1 aliphatic rings. The monoisotopic (exact) mass is 938 g/mol. The van der Waals surface area contributed by atoms with Crippen molar-refractivity contribution >= 4 is 5.91 Å². The number of rotatable bonds is 50. The fourth-order valence-corrected chi connectivity index (χ4v) is 9.51. The van der Waals surface area contributed by atoms with E-state index in [0.717, 1.165) is 44.9 Å². The number of carbonyl (C=O) groups excluding carboxylic acids is 1. The third kappa shape index (κ3) is 36.9. The van der Waals surface area contributed by atoms with E-state index in [1.807, 2.05) is 6.08 Å². The molecule has 0 aromatic heterocycles. The quantitative estimate of drug-likeness (QED) is 0.0261. The summed E-state index contributed by atoms with van der Waals surface area (Å²) in [6, 6.07) is -0.797. The molecule has 7 atom stereocenters. The van der Waals surface area contributed by atoms with E-state index in [1.54, 1.807) is 6.08 Å². The van der Waals surface area contributed by atoms with Gasteiger partial charge < -0.3 is 40.3 Å². The lowest BCUT2D eigenvalue weighted by Crippen LogP contribution is -2.60. The largest absolute Gasteiger partial charge is 0.394 e. The number of amides is 1. The number of hydrogen-bond acceptors (Lipinski definition) is 8. The van der Waals surface area contributed by atoms with Crippen LogP contribution in [0.1, 0.15) is 290 Å². The van der Waals surface area contributed by atoms with Crippen LogP contribution in [-0.2, 0) is 14.3 Å². The molecule has 0 saturated carbocycles. The minimum Gasteiger partial charge on any atom is -0.394 e. The van der Waals surface area contributed by atoms with E-state index in [-0.39, 0.29) is 12.5 Å². The maximum absolute atomic E-state index is 12.9. The van der Waals surface area contributed by atoms with Crippen LogP contribution in [0.5, 0.6) is 0 Å². The number of aliphatic hydroxyl groups is 5. The number of allylic oxidation sites excluding steroid dienone is 1. The fraction of sp³-hybridized carbons (Fsp3) is 0.947. The summed E-state index contributed by atoms with van der Waals surface area (Å²) in [6.45, 7) is 3.72. The predicted octanol–water partition coefficient (Wildman–Crippen LogP) is 14.0. The molecule has 1 rings (SSSR count). The van der Waals surface area contributed by atoms with Gasteiger partial charge in [-0.3, -0.25) is 4.79 Å². The molecule has 0 spiro atoms. The summed E-state index contributed by atoms with van der Waals surface area (Å²) in [5, 5.41) is 53.9. The molecule has 1 aliphatic heterocycles. The summed E-state index contributed by atoms with van der Waals surface area (Å²) in [5.41, 5.74) is 0. The SMILES string of the molecule is CCCCCC/C=C/C(O)C(COC1OC(CO)C(O)C(O)C1O)NC(=O)CCCCCCCCCCCCCCCCCCCCCCCCCCCCCCCCCCCCCCC. The van der Waals surface area contributed by atoms with Crippen LogP contribution >= 0.6 is 0 Å². The Balaban J connectivity index is 1.94. The number of aliphatic hydroxyl groups excluding tert-OH is 5. The fourth-order valence-electron chi connectivity index (χ4n) is 9.51. The van der Waals surface area contributed by atoms with Crippen molar-refractivity contribution in [2.24, 2.45) is 0 Å². The topological polar surface area (TPSA) is 149 Å². The van der Waals surface area contributed by atoms with Gasteiger partial charge in [0.25, 0.3) is 0 Å². The lowest BCUT2D eigenvalue weighted by Gasteiger charge is -2.40. The van der Waals surface area contributed by atoms with Crippen molar-refractivity contribution in [3.05, 3.63) is 12.2 Å². The van der Waals surface area contributed by atoms with E-state index in [1.165, 1.54) is 225 Å². The van der Waals surface area contributed by atoms with E-state index in [2.05, 4.69) is 19.2 Å². The molecule has 9 heteroatoms. The summed E-state index contributed by atoms with van der Waals surface area (Å²) in [4.78, 5) is 12.9. The first kappa shape index (κ1) is 62.9. The summed E-state index contributed by atoms with van der Waals surface area (Å²) >= 11 is 0. The standard InChI is InChI=1S/C57H111NO8/c1-3-5-7-9-11-12-13-14-15-16-17-18-19-20-21-22-23-24-25-26-27-28-29-30-31-32-33-34-35-36-37-38-39-40-41-43-45-47-53(61)58-50(51(60)46-44-42-10-8-6-4-2)49-65-57-56(64)55(63)54(62)52(48-59)66-57/h44,46,50-52,54-57,59-60,62-64H,3-43,45,47-49H2,1-2H3,(H,58,61)/b46-44+. The molecule has 1 amide bonds. The molecule has 0 aromatic carbocycles. The van der Waals surface area contributed by atoms with Gasteiger partial charge in [0, 0.05) is 6.42 Å². The average Bonchev–Trinajstić information content (AvgIpc) is 3.32. The molecular weight excluding hydrogens is 827 g/mol. The Labute approximate surface area is 407 Å². The zero-order valence-electron chi connectivity index (χ0n) is 43.5. The highest BCUT2D eigenvalue weighted by molar-refractivity contribution is 5.76. The molecule has 0 aliphatic carbocycles. The molecule has 1 fully saturated rings. The third-order valence-electron chi connectivity index (χ3n) is 14.1. The molecule has 9 nitrogen and oxygen atoms in total. The van der Waals surface area contributed by atoms with E-state index in [0.29, 0.717) is 6.42 Å². The van der Waals surface area contributed by atoms with Gasteiger partial charge in [-0.15, -0.1) is 0 Å². The van der Waals surface area contributed by atoms with Crippen LogP contribution in [0.25, 0.3) is 0 Å². The molecular formula is C57H111NO8. The van der Waals surface area contributed by atoms with E-state index in [9.17, 15) is 30.3 Å². The summed E-state index contributed by atoms with van der Waals surface area (Å²) < 4.78 is 11.2. The Kier molecular flexibility index (Phi) is 45.4. The summed E-state index contributed by atoms with van der Waals surface area (Å²) in [5.74, 6) is -0.177. The first-order valence-electron chi connectivity index (χ1n) is 28.9. The second-order valence-electron chi connectivity index (χ2n) is 20.5. The van der Waals surface area contributed by atoms with Gasteiger partial charge in [0.05, 0.1) is 25.4 Å². The van der Waals surface area contributed by atoms with Gasteiger partial charge in [0.2, 0.25) is 5.91 Å². The minimum absolute atomic E-state index is 0.177. The highest BCUT2D eigenvalue weighted by atomic mass is 16.7. The van der Waals surface area contributed by atoms with Crippen LogP contribution in [0, 0.1) is 0 Å². The molecule has 0 radical (unpaired) electrons. The third-order valence-corrected chi connectivity index (χ3v) is 14.1. The van der Waals surface area contributed by atoms with Gasteiger partial charge in [0.15, 0.2) is 6.29 Å². The van der Waals surface area contributed by atoms with Crippen LogP contribution in [0.4, 0.5) is 0 Å². The van der Waals surface area contributed by atoms with Crippen LogP contribution < -0.4 is 5.32 Å². The molecule has 1 heterocycles. The lowest BCUT2D eigenvalue weighted by molar-refractivity contribution is -0.302. The van der Waals surface area contributed by atoms with Crippen LogP contribution in [0.15, 0.2) is 12.2 Å². The van der Waals surface area contributed by atoms with Crippen molar-refractivity contribution in [1.29, 1.82) is 0 Å².